The zero-order chi connectivity index (χ0) is 14.2. The standard InChI is InChI=1S/C18H24BrNO/c19-16-8-14-6-7-21-18(14)15(9-16)11-20-17-3-1-2-13(10-17)12-4-5-12/h8-9,12-13,17,20H,1-7,10-11H2. The molecule has 0 bridgehead atoms. The molecule has 2 aliphatic carbocycles. The summed E-state index contributed by atoms with van der Waals surface area (Å²) in [5.74, 6) is 3.20. The average molecular weight is 350 g/mol. The molecular formula is C18H24BrNO. The molecule has 0 radical (unpaired) electrons. The van der Waals surface area contributed by atoms with Crippen molar-refractivity contribution in [1.29, 1.82) is 0 Å². The summed E-state index contributed by atoms with van der Waals surface area (Å²) in [5, 5.41) is 3.81. The van der Waals surface area contributed by atoms with E-state index in [0.717, 1.165) is 37.2 Å². The van der Waals surface area contributed by atoms with Crippen LogP contribution >= 0.6 is 15.9 Å². The smallest absolute Gasteiger partial charge is 0.127 e. The molecule has 0 saturated heterocycles. The van der Waals surface area contributed by atoms with Crippen molar-refractivity contribution in [3.05, 3.63) is 27.7 Å². The minimum Gasteiger partial charge on any atom is -0.493 e. The number of hydrogen-bond acceptors (Lipinski definition) is 2. The van der Waals surface area contributed by atoms with Gasteiger partial charge >= 0.3 is 0 Å². The third kappa shape index (κ3) is 3.14. The van der Waals surface area contributed by atoms with Crippen molar-refractivity contribution >= 4 is 15.9 Å². The molecule has 2 atom stereocenters. The van der Waals surface area contributed by atoms with Crippen LogP contribution in [0.2, 0.25) is 0 Å². The van der Waals surface area contributed by atoms with Gasteiger partial charge in [0.1, 0.15) is 5.75 Å². The molecule has 1 aliphatic heterocycles. The lowest BCUT2D eigenvalue weighted by Gasteiger charge is -2.30. The second-order valence-electron chi connectivity index (χ2n) is 6.99. The van der Waals surface area contributed by atoms with Crippen molar-refractivity contribution in [2.75, 3.05) is 6.61 Å². The molecule has 1 heterocycles. The Morgan fingerprint density at radius 1 is 1.14 bits per heavy atom. The van der Waals surface area contributed by atoms with Gasteiger partial charge in [0.15, 0.2) is 0 Å². The van der Waals surface area contributed by atoms with Gasteiger partial charge in [0.05, 0.1) is 6.61 Å². The minimum absolute atomic E-state index is 0.709. The van der Waals surface area contributed by atoms with E-state index in [-0.39, 0.29) is 0 Å². The number of halogens is 1. The Morgan fingerprint density at radius 3 is 2.90 bits per heavy atom. The first kappa shape index (κ1) is 14.1. The summed E-state index contributed by atoms with van der Waals surface area (Å²) in [5.41, 5.74) is 2.69. The predicted molar refractivity (Wildman–Crippen MR) is 88.7 cm³/mol. The Hall–Kier alpha value is -0.540. The van der Waals surface area contributed by atoms with Gasteiger partial charge < -0.3 is 10.1 Å². The molecule has 2 unspecified atom stereocenters. The van der Waals surface area contributed by atoms with Crippen molar-refractivity contribution in [2.24, 2.45) is 11.8 Å². The highest BCUT2D eigenvalue weighted by Gasteiger charge is 2.34. The van der Waals surface area contributed by atoms with Gasteiger partial charge in [-0.15, -0.1) is 0 Å². The van der Waals surface area contributed by atoms with Crippen molar-refractivity contribution in [1.82, 2.24) is 5.32 Å². The summed E-state index contributed by atoms with van der Waals surface area (Å²) in [4.78, 5) is 0. The highest BCUT2D eigenvalue weighted by molar-refractivity contribution is 9.10. The fourth-order valence-electron chi connectivity index (χ4n) is 4.14. The van der Waals surface area contributed by atoms with Crippen LogP contribution in [0.25, 0.3) is 0 Å². The van der Waals surface area contributed by atoms with E-state index in [4.69, 9.17) is 4.74 Å². The van der Waals surface area contributed by atoms with Crippen LogP contribution in [0.1, 0.15) is 49.7 Å². The number of nitrogens with one attached hydrogen (secondary N) is 1. The van der Waals surface area contributed by atoms with Crippen LogP contribution < -0.4 is 10.1 Å². The van der Waals surface area contributed by atoms with E-state index in [9.17, 15) is 0 Å². The SMILES string of the molecule is Brc1cc2c(c(CNC3CCCC(C4CC4)C3)c1)OCC2. The fourth-order valence-corrected chi connectivity index (χ4v) is 4.69. The van der Waals surface area contributed by atoms with E-state index in [2.05, 4.69) is 33.4 Å². The molecule has 21 heavy (non-hydrogen) atoms. The summed E-state index contributed by atoms with van der Waals surface area (Å²) in [6.07, 6.45) is 9.65. The van der Waals surface area contributed by atoms with E-state index >= 15 is 0 Å². The zero-order valence-corrected chi connectivity index (χ0v) is 14.1. The lowest BCUT2D eigenvalue weighted by atomic mass is 9.82. The molecule has 1 aromatic rings. The second-order valence-corrected chi connectivity index (χ2v) is 7.91. The van der Waals surface area contributed by atoms with Gasteiger partial charge in [-0.1, -0.05) is 28.8 Å². The highest BCUT2D eigenvalue weighted by Crippen LogP contribution is 2.44. The Bertz CT molecular complexity index is 526. The largest absolute Gasteiger partial charge is 0.493 e. The maximum Gasteiger partial charge on any atom is 0.127 e. The first-order valence-electron chi connectivity index (χ1n) is 8.47. The zero-order valence-electron chi connectivity index (χ0n) is 12.5. The predicted octanol–water partition coefficient (Wildman–Crippen LogP) is 4.44. The molecule has 0 aromatic heterocycles. The minimum atomic E-state index is 0.709. The molecule has 3 aliphatic rings. The summed E-state index contributed by atoms with van der Waals surface area (Å²) in [7, 11) is 0. The van der Waals surface area contributed by atoms with Gasteiger partial charge in [-0.25, -0.2) is 0 Å². The number of benzene rings is 1. The number of ether oxygens (including phenoxy) is 1. The van der Waals surface area contributed by atoms with Crippen molar-refractivity contribution < 1.29 is 4.74 Å². The summed E-state index contributed by atoms with van der Waals surface area (Å²) < 4.78 is 7.02. The monoisotopic (exact) mass is 349 g/mol. The summed E-state index contributed by atoms with van der Waals surface area (Å²) in [6.45, 7) is 1.79. The number of fused-ring (bicyclic) bond motifs is 1. The maximum atomic E-state index is 5.83. The molecule has 0 spiro atoms. The average Bonchev–Trinajstić information content (AvgIpc) is 3.24. The van der Waals surface area contributed by atoms with Gasteiger partial charge in [0.25, 0.3) is 0 Å². The molecule has 2 fully saturated rings. The van der Waals surface area contributed by atoms with Crippen molar-refractivity contribution in [3.8, 4) is 5.75 Å². The highest BCUT2D eigenvalue weighted by atomic mass is 79.9. The second kappa shape index (κ2) is 5.92. The molecule has 3 heteroatoms. The Kier molecular flexibility index (Phi) is 3.97. The van der Waals surface area contributed by atoms with Crippen LogP contribution in [-0.2, 0) is 13.0 Å². The van der Waals surface area contributed by atoms with Crippen molar-refractivity contribution in [3.63, 3.8) is 0 Å². The van der Waals surface area contributed by atoms with Crippen LogP contribution in [-0.4, -0.2) is 12.6 Å². The van der Waals surface area contributed by atoms with Crippen LogP contribution in [0.3, 0.4) is 0 Å². The quantitative estimate of drug-likeness (QED) is 0.867. The normalized spacial score (nSPS) is 28.2. The lowest BCUT2D eigenvalue weighted by Crippen LogP contribution is -2.34. The third-order valence-corrected chi connectivity index (χ3v) is 5.87. The topological polar surface area (TPSA) is 21.3 Å². The Morgan fingerprint density at radius 2 is 2.05 bits per heavy atom. The molecule has 4 rings (SSSR count). The van der Waals surface area contributed by atoms with Crippen LogP contribution in [0, 0.1) is 11.8 Å². The first-order chi connectivity index (χ1) is 10.3. The molecule has 0 amide bonds. The third-order valence-electron chi connectivity index (χ3n) is 5.41. The van der Waals surface area contributed by atoms with E-state index in [0.29, 0.717) is 6.04 Å². The van der Waals surface area contributed by atoms with Gasteiger partial charge in [-0.05, 0) is 55.2 Å². The Balaban J connectivity index is 1.40. The van der Waals surface area contributed by atoms with E-state index in [1.807, 2.05) is 0 Å². The van der Waals surface area contributed by atoms with E-state index < -0.39 is 0 Å². The molecule has 2 nitrogen and oxygen atoms in total. The summed E-state index contributed by atoms with van der Waals surface area (Å²) in [6, 6.07) is 5.13. The fraction of sp³-hybridized carbons (Fsp3) is 0.667. The Labute approximate surface area is 135 Å². The van der Waals surface area contributed by atoms with Crippen LogP contribution in [0.15, 0.2) is 16.6 Å². The van der Waals surface area contributed by atoms with Gasteiger partial charge in [0.2, 0.25) is 0 Å². The first-order valence-corrected chi connectivity index (χ1v) is 9.26. The molecule has 2 saturated carbocycles. The van der Waals surface area contributed by atoms with Crippen molar-refractivity contribution in [2.45, 2.75) is 57.5 Å². The van der Waals surface area contributed by atoms with E-state index in [1.54, 1.807) is 0 Å². The van der Waals surface area contributed by atoms with E-state index in [1.165, 1.54) is 54.1 Å². The number of rotatable bonds is 4. The van der Waals surface area contributed by atoms with Crippen LogP contribution in [0.4, 0.5) is 0 Å². The van der Waals surface area contributed by atoms with Gasteiger partial charge in [-0.2, -0.15) is 0 Å². The van der Waals surface area contributed by atoms with Gasteiger partial charge in [-0.3, -0.25) is 0 Å². The lowest BCUT2D eigenvalue weighted by molar-refractivity contribution is 0.259. The van der Waals surface area contributed by atoms with Crippen LogP contribution in [0.5, 0.6) is 5.75 Å². The molecule has 1 N–H and O–H groups in total. The molecule has 1 aromatic carbocycles. The number of hydrogen-bond donors (Lipinski definition) is 1. The maximum absolute atomic E-state index is 5.83. The molecular weight excluding hydrogens is 326 g/mol. The molecule has 114 valence electrons. The summed E-state index contributed by atoms with van der Waals surface area (Å²) >= 11 is 3.64. The van der Waals surface area contributed by atoms with Gasteiger partial charge in [0, 0.05) is 29.0 Å².